The molecule has 6 bridgehead atoms. The number of benzene rings is 2. The number of fused-ring (bicyclic) bond motifs is 7. The summed E-state index contributed by atoms with van der Waals surface area (Å²) in [7, 11) is 0. The zero-order valence-corrected chi connectivity index (χ0v) is 21.9. The summed E-state index contributed by atoms with van der Waals surface area (Å²) in [5, 5.41) is 12.8. The molecule has 2 atom stereocenters. The topological polar surface area (TPSA) is 111 Å². The molecule has 1 saturated heterocycles. The van der Waals surface area contributed by atoms with Crippen LogP contribution in [0.3, 0.4) is 0 Å². The molecule has 1 fully saturated rings. The molecule has 2 aliphatic heterocycles. The van der Waals surface area contributed by atoms with Crippen LogP contribution < -0.4 is 21.3 Å². The van der Waals surface area contributed by atoms with Crippen molar-refractivity contribution in [3.8, 4) is 0 Å². The van der Waals surface area contributed by atoms with Crippen LogP contribution in [-0.2, 0) is 22.7 Å². The molecule has 198 valence electrons. The van der Waals surface area contributed by atoms with Crippen molar-refractivity contribution in [3.05, 3.63) is 72.1 Å². The van der Waals surface area contributed by atoms with E-state index in [0.29, 0.717) is 31.1 Å². The molecule has 2 aromatic carbocycles. The van der Waals surface area contributed by atoms with Crippen LogP contribution in [0.5, 0.6) is 0 Å². The van der Waals surface area contributed by atoms with Gasteiger partial charge in [-0.05, 0) is 67.1 Å². The van der Waals surface area contributed by atoms with Crippen LogP contribution in [0.1, 0.15) is 44.2 Å². The van der Waals surface area contributed by atoms with E-state index in [1.54, 1.807) is 0 Å². The third-order valence-corrected chi connectivity index (χ3v) is 6.92. The van der Waals surface area contributed by atoms with Crippen molar-refractivity contribution in [2.75, 3.05) is 17.2 Å². The van der Waals surface area contributed by atoms with Gasteiger partial charge in [-0.2, -0.15) is 0 Å². The highest BCUT2D eigenvalue weighted by atomic mass is 16.2. The molecule has 1 aromatic heterocycles. The van der Waals surface area contributed by atoms with E-state index in [4.69, 9.17) is 0 Å². The second-order valence-corrected chi connectivity index (χ2v) is 10.5. The van der Waals surface area contributed by atoms with Crippen molar-refractivity contribution >= 4 is 34.8 Å². The van der Waals surface area contributed by atoms with Gasteiger partial charge in [0.15, 0.2) is 0 Å². The number of carbonyl (C=O) groups excluding carboxylic acids is 2. The molecule has 9 nitrogen and oxygen atoms in total. The number of rotatable bonds is 2. The van der Waals surface area contributed by atoms with E-state index in [2.05, 4.69) is 62.1 Å². The highest BCUT2D eigenvalue weighted by Crippen LogP contribution is 2.24. The number of aromatic nitrogens is 2. The fraction of sp³-hybridized carbons (Fsp3) is 0.379. The van der Waals surface area contributed by atoms with Crippen LogP contribution in [0, 0.1) is 5.92 Å². The van der Waals surface area contributed by atoms with E-state index < -0.39 is 6.04 Å². The van der Waals surface area contributed by atoms with Gasteiger partial charge < -0.3 is 21.3 Å². The Kier molecular flexibility index (Phi) is 7.83. The quantitative estimate of drug-likeness (QED) is 0.408. The third kappa shape index (κ3) is 6.47. The van der Waals surface area contributed by atoms with Gasteiger partial charge in [-0.15, -0.1) is 0 Å². The average Bonchev–Trinajstić information content (AvgIpc) is 3.35. The zero-order valence-electron chi connectivity index (χ0n) is 21.9. The summed E-state index contributed by atoms with van der Waals surface area (Å²) in [6.07, 6.45) is 3.83. The maximum absolute atomic E-state index is 13.4. The Bertz CT molecular complexity index is 1300. The van der Waals surface area contributed by atoms with Crippen molar-refractivity contribution < 1.29 is 9.59 Å². The van der Waals surface area contributed by atoms with E-state index in [1.807, 2.05) is 42.5 Å². The number of amides is 2. The Morgan fingerprint density at radius 1 is 0.921 bits per heavy atom. The molecule has 1 unspecified atom stereocenters. The van der Waals surface area contributed by atoms with Crippen LogP contribution in [-0.4, -0.2) is 45.3 Å². The first-order valence-electron chi connectivity index (χ1n) is 13.3. The van der Waals surface area contributed by atoms with Gasteiger partial charge in [-0.1, -0.05) is 38.1 Å². The second-order valence-electron chi connectivity index (χ2n) is 10.5. The van der Waals surface area contributed by atoms with Gasteiger partial charge in [0.05, 0.1) is 6.04 Å². The lowest BCUT2D eigenvalue weighted by Gasteiger charge is -2.27. The Morgan fingerprint density at radius 2 is 1.61 bits per heavy atom. The lowest BCUT2D eigenvalue weighted by molar-refractivity contribution is -0.132. The largest absolute Gasteiger partial charge is 0.350 e. The highest BCUT2D eigenvalue weighted by Gasteiger charge is 2.33. The molecule has 3 aromatic rings. The average molecular weight is 514 g/mol. The molecule has 0 spiro atoms. The van der Waals surface area contributed by atoms with E-state index in [0.717, 1.165) is 41.9 Å². The van der Waals surface area contributed by atoms with Crippen molar-refractivity contribution in [1.82, 2.24) is 25.5 Å². The van der Waals surface area contributed by atoms with Gasteiger partial charge in [-0.25, -0.2) is 9.97 Å². The maximum Gasteiger partial charge on any atom is 0.242 e. The Labute approximate surface area is 223 Å². The SMILES string of the molecule is CC(C)C[C@@H]1NC(=O)C2CCCN2Cc2cccc(c2)Nc2cc(ncn2)Nc2cccc(c2)CNC1=O. The van der Waals surface area contributed by atoms with Crippen LogP contribution in [0.4, 0.5) is 23.0 Å². The fourth-order valence-corrected chi connectivity index (χ4v) is 5.13. The molecule has 0 saturated carbocycles. The van der Waals surface area contributed by atoms with Gasteiger partial charge >= 0.3 is 0 Å². The molecule has 38 heavy (non-hydrogen) atoms. The first kappa shape index (κ1) is 25.7. The molecule has 0 aliphatic carbocycles. The molecular weight excluding hydrogens is 478 g/mol. The maximum atomic E-state index is 13.4. The third-order valence-electron chi connectivity index (χ3n) is 6.92. The van der Waals surface area contributed by atoms with Gasteiger partial charge in [0.25, 0.3) is 0 Å². The van der Waals surface area contributed by atoms with Gasteiger partial charge in [0.2, 0.25) is 11.8 Å². The number of hydrogen-bond acceptors (Lipinski definition) is 7. The summed E-state index contributed by atoms with van der Waals surface area (Å²) in [6, 6.07) is 17.0. The summed E-state index contributed by atoms with van der Waals surface area (Å²) in [6.45, 7) is 5.98. The predicted octanol–water partition coefficient (Wildman–Crippen LogP) is 4.09. The zero-order chi connectivity index (χ0) is 26.5. The van der Waals surface area contributed by atoms with Crippen molar-refractivity contribution in [1.29, 1.82) is 0 Å². The smallest absolute Gasteiger partial charge is 0.242 e. The minimum absolute atomic E-state index is 0.0771. The molecule has 4 N–H and O–H groups in total. The second kappa shape index (κ2) is 11.6. The summed E-state index contributed by atoms with van der Waals surface area (Å²) >= 11 is 0. The summed E-state index contributed by atoms with van der Waals surface area (Å²) in [4.78, 5) is 37.6. The van der Waals surface area contributed by atoms with Crippen LogP contribution in [0.2, 0.25) is 0 Å². The first-order chi connectivity index (χ1) is 18.4. The number of nitrogens with zero attached hydrogens (tertiary/aromatic N) is 3. The van der Waals surface area contributed by atoms with Crippen LogP contribution in [0.25, 0.3) is 0 Å². The van der Waals surface area contributed by atoms with Crippen molar-refractivity contribution in [2.45, 2.75) is 58.3 Å². The molecule has 0 radical (unpaired) electrons. The van der Waals surface area contributed by atoms with E-state index >= 15 is 0 Å². The summed E-state index contributed by atoms with van der Waals surface area (Å²) in [5.41, 5.74) is 3.81. The van der Waals surface area contributed by atoms with Gasteiger partial charge in [0.1, 0.15) is 24.0 Å². The Balaban J connectivity index is 1.46. The minimum Gasteiger partial charge on any atom is -0.350 e. The lowest BCUT2D eigenvalue weighted by Crippen LogP contribution is -2.52. The monoisotopic (exact) mass is 513 g/mol. The first-order valence-corrected chi connectivity index (χ1v) is 13.3. The molecule has 9 heteroatoms. The van der Waals surface area contributed by atoms with Gasteiger partial charge in [0, 0.05) is 30.5 Å². The fourth-order valence-electron chi connectivity index (χ4n) is 5.13. The van der Waals surface area contributed by atoms with Crippen molar-refractivity contribution in [3.63, 3.8) is 0 Å². The van der Waals surface area contributed by atoms with E-state index in [1.165, 1.54) is 6.33 Å². The number of hydrogen-bond donors (Lipinski definition) is 4. The molecule has 3 heterocycles. The summed E-state index contributed by atoms with van der Waals surface area (Å²) < 4.78 is 0. The van der Waals surface area contributed by atoms with Gasteiger partial charge in [-0.3, -0.25) is 14.5 Å². The Morgan fingerprint density at radius 3 is 2.32 bits per heavy atom. The molecule has 2 aliphatic rings. The van der Waals surface area contributed by atoms with Crippen LogP contribution in [0.15, 0.2) is 60.9 Å². The normalized spacial score (nSPS) is 20.5. The van der Waals surface area contributed by atoms with E-state index in [9.17, 15) is 9.59 Å². The predicted molar refractivity (Wildman–Crippen MR) is 148 cm³/mol. The van der Waals surface area contributed by atoms with Crippen LogP contribution >= 0.6 is 0 Å². The lowest BCUT2D eigenvalue weighted by atomic mass is 10.0. The standard InChI is InChI=1S/C29H35N7O2/c1-19(2)12-24-28(37)30-16-20-6-3-8-22(13-20)33-26-15-27(32-18-31-26)34-23-9-4-7-21(14-23)17-36-11-5-10-25(36)29(38)35-24/h3-4,6-9,13-15,18-19,24-25H,5,10-12,16-17H2,1-2H3,(H,30,37)(H,35,38)(H2,31,32,33,34)/t24-,25?/m0/s1. The molecule has 2 amide bonds. The van der Waals surface area contributed by atoms with Crippen molar-refractivity contribution in [2.24, 2.45) is 5.92 Å². The highest BCUT2D eigenvalue weighted by molar-refractivity contribution is 5.90. The molecule has 5 rings (SSSR count). The number of anilines is 4. The minimum atomic E-state index is -0.580. The van der Waals surface area contributed by atoms with E-state index in [-0.39, 0.29) is 23.8 Å². The Hall–Kier alpha value is -3.98. The number of carbonyl (C=O) groups is 2. The molecular formula is C29H35N7O2. The summed E-state index contributed by atoms with van der Waals surface area (Å²) in [5.74, 6) is 1.35. The number of nitrogens with one attached hydrogen (secondary N) is 4.